The predicted octanol–water partition coefficient (Wildman–Crippen LogP) is 1.83. The number of ether oxygens (including phenoxy) is 5. The van der Waals surface area contributed by atoms with Gasteiger partial charge in [0, 0.05) is 38.5 Å². The first-order valence-corrected chi connectivity index (χ1v) is 6.42. The summed E-state index contributed by atoms with van der Waals surface area (Å²) < 4.78 is 25.9. The summed E-state index contributed by atoms with van der Waals surface area (Å²) >= 11 is 0. The van der Waals surface area contributed by atoms with E-state index >= 15 is 0 Å². The zero-order valence-electron chi connectivity index (χ0n) is 12.3. The van der Waals surface area contributed by atoms with Gasteiger partial charge in [-0.3, -0.25) is 0 Å². The van der Waals surface area contributed by atoms with Gasteiger partial charge in [0.2, 0.25) is 0 Å². The molecule has 0 aliphatic rings. The number of hydrogen-bond acceptors (Lipinski definition) is 6. The molecule has 0 spiro atoms. The lowest BCUT2D eigenvalue weighted by Crippen LogP contribution is -2.08. The molecular formula is C15H20O6. The fourth-order valence-corrected chi connectivity index (χ4v) is 1.41. The fourth-order valence-electron chi connectivity index (χ4n) is 1.41. The van der Waals surface area contributed by atoms with Crippen LogP contribution in [0.15, 0.2) is 30.9 Å². The van der Waals surface area contributed by atoms with E-state index in [2.05, 4.69) is 6.58 Å². The molecule has 0 aliphatic heterocycles. The molecule has 0 aromatic heterocycles. The molecule has 0 aliphatic carbocycles. The zero-order valence-corrected chi connectivity index (χ0v) is 12.3. The van der Waals surface area contributed by atoms with E-state index in [4.69, 9.17) is 23.7 Å². The molecule has 0 fully saturated rings. The van der Waals surface area contributed by atoms with Crippen LogP contribution in [0.1, 0.15) is 0 Å². The van der Waals surface area contributed by atoms with Crippen LogP contribution in [0.2, 0.25) is 0 Å². The van der Waals surface area contributed by atoms with Crippen molar-refractivity contribution in [2.45, 2.75) is 0 Å². The molecule has 0 heterocycles. The molecule has 6 heteroatoms. The molecule has 6 nitrogen and oxygen atoms in total. The van der Waals surface area contributed by atoms with Crippen LogP contribution in [0.4, 0.5) is 0 Å². The Balaban J connectivity index is 2.79. The highest BCUT2D eigenvalue weighted by molar-refractivity contribution is 5.83. The SMILES string of the molecule is C=CC(=O)Oc1cc(OCCOC)cc(OCCOC)c1. The van der Waals surface area contributed by atoms with Gasteiger partial charge in [-0.15, -0.1) is 0 Å². The van der Waals surface area contributed by atoms with Crippen molar-refractivity contribution in [1.82, 2.24) is 0 Å². The number of methoxy groups -OCH3 is 2. The molecule has 0 amide bonds. The third-order valence-electron chi connectivity index (χ3n) is 2.35. The second kappa shape index (κ2) is 9.79. The molecular weight excluding hydrogens is 276 g/mol. The Morgan fingerprint density at radius 3 is 1.86 bits per heavy atom. The van der Waals surface area contributed by atoms with Crippen LogP contribution >= 0.6 is 0 Å². The first-order valence-electron chi connectivity index (χ1n) is 6.42. The van der Waals surface area contributed by atoms with Gasteiger partial charge in [-0.2, -0.15) is 0 Å². The lowest BCUT2D eigenvalue weighted by Gasteiger charge is -2.11. The van der Waals surface area contributed by atoms with Crippen molar-refractivity contribution in [1.29, 1.82) is 0 Å². The Morgan fingerprint density at radius 1 is 0.952 bits per heavy atom. The maximum Gasteiger partial charge on any atom is 0.335 e. The smallest absolute Gasteiger partial charge is 0.335 e. The molecule has 0 saturated heterocycles. The molecule has 21 heavy (non-hydrogen) atoms. The Hall–Kier alpha value is -2.05. The Bertz CT molecular complexity index is 429. The minimum atomic E-state index is -0.549. The standard InChI is InChI=1S/C15H20O6/c1-4-15(16)21-14-10-12(19-7-5-17-2)9-13(11-14)20-8-6-18-3/h4,9-11H,1,5-8H2,2-3H3. The summed E-state index contributed by atoms with van der Waals surface area (Å²) in [6, 6.07) is 4.90. The predicted molar refractivity (Wildman–Crippen MR) is 77.0 cm³/mol. The van der Waals surface area contributed by atoms with E-state index in [0.717, 1.165) is 6.08 Å². The number of hydrogen-bond donors (Lipinski definition) is 0. The molecule has 0 atom stereocenters. The summed E-state index contributed by atoms with van der Waals surface area (Å²) in [5.74, 6) is 0.816. The van der Waals surface area contributed by atoms with Gasteiger partial charge in [0.1, 0.15) is 30.5 Å². The van der Waals surface area contributed by atoms with E-state index in [0.29, 0.717) is 43.7 Å². The molecule has 0 unspecified atom stereocenters. The maximum atomic E-state index is 11.3. The number of carbonyl (C=O) groups is 1. The molecule has 0 bridgehead atoms. The molecule has 1 aromatic carbocycles. The number of benzene rings is 1. The highest BCUT2D eigenvalue weighted by atomic mass is 16.5. The number of carbonyl (C=O) groups excluding carboxylic acids is 1. The summed E-state index contributed by atoms with van der Waals surface area (Å²) in [5, 5.41) is 0. The molecule has 1 rings (SSSR count). The van der Waals surface area contributed by atoms with Gasteiger partial charge < -0.3 is 23.7 Å². The summed E-state index contributed by atoms with van der Waals surface area (Å²) in [6.45, 7) is 5.03. The molecule has 0 saturated carbocycles. The van der Waals surface area contributed by atoms with Gasteiger partial charge in [0.15, 0.2) is 0 Å². The van der Waals surface area contributed by atoms with Crippen molar-refractivity contribution in [3.8, 4) is 17.2 Å². The number of esters is 1. The topological polar surface area (TPSA) is 63.2 Å². The van der Waals surface area contributed by atoms with Crippen LogP contribution in [0.25, 0.3) is 0 Å². The summed E-state index contributed by atoms with van der Waals surface area (Å²) in [4.78, 5) is 11.3. The van der Waals surface area contributed by atoms with E-state index in [-0.39, 0.29) is 0 Å². The number of rotatable bonds is 10. The third kappa shape index (κ3) is 6.78. The lowest BCUT2D eigenvalue weighted by atomic mass is 10.3. The van der Waals surface area contributed by atoms with Crippen molar-refractivity contribution < 1.29 is 28.5 Å². The largest absolute Gasteiger partial charge is 0.491 e. The minimum Gasteiger partial charge on any atom is -0.491 e. The Morgan fingerprint density at radius 2 is 1.43 bits per heavy atom. The van der Waals surface area contributed by atoms with Crippen molar-refractivity contribution in [3.63, 3.8) is 0 Å². The van der Waals surface area contributed by atoms with Crippen molar-refractivity contribution >= 4 is 5.97 Å². The zero-order chi connectivity index (χ0) is 15.5. The van der Waals surface area contributed by atoms with Crippen LogP contribution in [-0.4, -0.2) is 46.6 Å². The quantitative estimate of drug-likeness (QED) is 0.284. The van der Waals surface area contributed by atoms with Crippen molar-refractivity contribution in [2.75, 3.05) is 40.6 Å². The van der Waals surface area contributed by atoms with E-state index in [9.17, 15) is 4.79 Å². The van der Waals surface area contributed by atoms with Crippen molar-refractivity contribution in [3.05, 3.63) is 30.9 Å². The van der Waals surface area contributed by atoms with Gasteiger partial charge in [-0.05, 0) is 0 Å². The Labute approximate surface area is 124 Å². The third-order valence-corrected chi connectivity index (χ3v) is 2.35. The van der Waals surface area contributed by atoms with Crippen LogP contribution in [0, 0.1) is 0 Å². The normalized spacial score (nSPS) is 10.0. The molecule has 116 valence electrons. The second-order valence-electron chi connectivity index (χ2n) is 3.95. The van der Waals surface area contributed by atoms with Crippen molar-refractivity contribution in [2.24, 2.45) is 0 Å². The van der Waals surface area contributed by atoms with Gasteiger partial charge in [0.05, 0.1) is 13.2 Å². The average molecular weight is 296 g/mol. The first-order chi connectivity index (χ1) is 10.2. The molecule has 0 radical (unpaired) electrons. The lowest BCUT2D eigenvalue weighted by molar-refractivity contribution is -0.128. The summed E-state index contributed by atoms with van der Waals surface area (Å²) in [6.07, 6.45) is 1.09. The van der Waals surface area contributed by atoms with Crippen LogP contribution in [0.3, 0.4) is 0 Å². The van der Waals surface area contributed by atoms with E-state index < -0.39 is 5.97 Å². The van der Waals surface area contributed by atoms with Gasteiger partial charge in [-0.25, -0.2) is 4.79 Å². The fraction of sp³-hybridized carbons (Fsp3) is 0.400. The van der Waals surface area contributed by atoms with Gasteiger partial charge in [-0.1, -0.05) is 6.58 Å². The highest BCUT2D eigenvalue weighted by Gasteiger charge is 2.07. The second-order valence-corrected chi connectivity index (χ2v) is 3.95. The monoisotopic (exact) mass is 296 g/mol. The molecule has 0 N–H and O–H groups in total. The van der Waals surface area contributed by atoms with E-state index in [1.54, 1.807) is 32.4 Å². The molecule has 1 aromatic rings. The minimum absolute atomic E-state index is 0.322. The van der Waals surface area contributed by atoms with Gasteiger partial charge in [0.25, 0.3) is 0 Å². The summed E-state index contributed by atoms with van der Waals surface area (Å²) in [5.41, 5.74) is 0. The summed E-state index contributed by atoms with van der Waals surface area (Å²) in [7, 11) is 3.18. The Kier molecular flexibility index (Phi) is 7.93. The maximum absolute atomic E-state index is 11.3. The highest BCUT2D eigenvalue weighted by Crippen LogP contribution is 2.28. The van der Waals surface area contributed by atoms with E-state index in [1.165, 1.54) is 0 Å². The van der Waals surface area contributed by atoms with Gasteiger partial charge >= 0.3 is 5.97 Å². The van der Waals surface area contributed by atoms with Crippen LogP contribution < -0.4 is 14.2 Å². The first kappa shape index (κ1) is 17.0. The van der Waals surface area contributed by atoms with Crippen LogP contribution in [-0.2, 0) is 14.3 Å². The van der Waals surface area contributed by atoms with E-state index in [1.807, 2.05) is 0 Å². The average Bonchev–Trinajstić information content (AvgIpc) is 2.47. The van der Waals surface area contributed by atoms with Crippen LogP contribution in [0.5, 0.6) is 17.2 Å².